The molecule has 3 aromatic rings. The monoisotopic (exact) mass is 440 g/mol. The Bertz CT molecular complexity index is 1010. The van der Waals surface area contributed by atoms with Crippen molar-refractivity contribution in [2.24, 2.45) is 0 Å². The van der Waals surface area contributed by atoms with Crippen molar-refractivity contribution in [3.8, 4) is 0 Å². The molecule has 8 heteroatoms. The molecule has 0 unspecified atom stereocenters. The molecule has 170 valence electrons. The summed E-state index contributed by atoms with van der Waals surface area (Å²) in [6, 6.07) is 7.03. The van der Waals surface area contributed by atoms with Gasteiger partial charge in [0.25, 0.3) is 5.92 Å². The van der Waals surface area contributed by atoms with Crippen molar-refractivity contribution in [1.29, 1.82) is 0 Å². The predicted molar refractivity (Wildman–Crippen MR) is 128 cm³/mol. The van der Waals surface area contributed by atoms with E-state index in [0.717, 1.165) is 41.8 Å². The fourth-order valence-electron chi connectivity index (χ4n) is 2.76. The molecule has 0 radical (unpaired) electrons. The molecule has 0 atom stereocenters. The minimum absolute atomic E-state index is 0.222. The summed E-state index contributed by atoms with van der Waals surface area (Å²) in [6.07, 6.45) is 9.82. The highest BCUT2D eigenvalue weighted by Crippen LogP contribution is 2.25. The summed E-state index contributed by atoms with van der Waals surface area (Å²) >= 11 is 0. The van der Waals surface area contributed by atoms with Gasteiger partial charge in [-0.15, -0.1) is 0 Å². The summed E-state index contributed by atoms with van der Waals surface area (Å²) in [5, 5.41) is 13.2. The lowest BCUT2D eigenvalue weighted by Gasteiger charge is -2.10. The van der Waals surface area contributed by atoms with Crippen LogP contribution in [0.25, 0.3) is 11.8 Å². The highest BCUT2D eigenvalue weighted by molar-refractivity contribution is 5.79. The van der Waals surface area contributed by atoms with E-state index < -0.39 is 5.92 Å². The third-order valence-electron chi connectivity index (χ3n) is 4.59. The lowest BCUT2D eigenvalue weighted by molar-refractivity contribution is 0.0127. The number of pyridine rings is 2. The molecule has 0 saturated carbocycles. The Morgan fingerprint density at radius 1 is 1.22 bits per heavy atom. The van der Waals surface area contributed by atoms with Gasteiger partial charge in [0.2, 0.25) is 0 Å². The van der Waals surface area contributed by atoms with Crippen molar-refractivity contribution >= 4 is 23.1 Å². The normalized spacial score (nSPS) is 10.7. The van der Waals surface area contributed by atoms with Crippen molar-refractivity contribution < 1.29 is 8.78 Å². The SMILES string of the molecule is C=C(Nc1ccc(CCCC)nc1)c1[nH]ncc1NC.C=Cc1ccnc(C(C)(F)F)c1. The zero-order chi connectivity index (χ0) is 23.6. The Labute approximate surface area is 187 Å². The fraction of sp³-hybridized carbons (Fsp3) is 0.292. The number of aryl methyl sites for hydroxylation is 1. The number of alkyl halides is 2. The summed E-state index contributed by atoms with van der Waals surface area (Å²) in [4.78, 5) is 8.01. The Morgan fingerprint density at radius 3 is 2.59 bits per heavy atom. The lowest BCUT2D eigenvalue weighted by Crippen LogP contribution is -2.09. The van der Waals surface area contributed by atoms with Crippen molar-refractivity contribution in [1.82, 2.24) is 20.2 Å². The van der Waals surface area contributed by atoms with Gasteiger partial charge >= 0.3 is 0 Å². The standard InChI is InChI=1S/C15H21N5.C9H9F2N/c1-4-5-6-12-7-8-13(9-17-12)19-11(2)15-14(16-3)10-18-20-15;1-3-7-4-5-12-8(6-7)9(2,10)11/h7-10,16,19H,2,4-6H2,1,3H3,(H,18,20);3-6H,1H2,2H3. The highest BCUT2D eigenvalue weighted by Gasteiger charge is 2.25. The maximum absolute atomic E-state index is 12.7. The molecule has 3 rings (SSSR count). The minimum Gasteiger partial charge on any atom is -0.385 e. The van der Waals surface area contributed by atoms with Gasteiger partial charge in [0, 0.05) is 25.9 Å². The summed E-state index contributed by atoms with van der Waals surface area (Å²) in [5.74, 6) is -2.88. The van der Waals surface area contributed by atoms with E-state index in [2.05, 4.69) is 56.9 Å². The second-order valence-electron chi connectivity index (χ2n) is 7.22. The van der Waals surface area contributed by atoms with Crippen LogP contribution in [0, 0.1) is 0 Å². The largest absolute Gasteiger partial charge is 0.385 e. The summed E-state index contributed by atoms with van der Waals surface area (Å²) < 4.78 is 25.3. The topological polar surface area (TPSA) is 78.5 Å². The van der Waals surface area contributed by atoms with E-state index >= 15 is 0 Å². The molecule has 0 bridgehead atoms. The van der Waals surface area contributed by atoms with Gasteiger partial charge in [0.15, 0.2) is 0 Å². The van der Waals surface area contributed by atoms with Crippen molar-refractivity contribution in [3.63, 3.8) is 0 Å². The fourth-order valence-corrected chi connectivity index (χ4v) is 2.76. The molecular formula is C24H30F2N6. The molecule has 3 aromatic heterocycles. The zero-order valence-corrected chi connectivity index (χ0v) is 18.8. The molecule has 0 saturated heterocycles. The van der Waals surface area contributed by atoms with E-state index in [1.165, 1.54) is 31.2 Å². The van der Waals surface area contributed by atoms with Gasteiger partial charge in [-0.2, -0.15) is 13.9 Å². The lowest BCUT2D eigenvalue weighted by atomic mass is 10.2. The molecule has 0 amide bonds. The molecule has 0 aliphatic carbocycles. The van der Waals surface area contributed by atoms with E-state index in [0.29, 0.717) is 5.56 Å². The van der Waals surface area contributed by atoms with Gasteiger partial charge in [-0.05, 0) is 42.7 Å². The van der Waals surface area contributed by atoms with Gasteiger partial charge in [0.05, 0.1) is 29.5 Å². The van der Waals surface area contributed by atoms with Crippen LogP contribution in [0.4, 0.5) is 20.2 Å². The number of rotatable bonds is 9. The number of anilines is 2. The molecule has 3 N–H and O–H groups in total. The number of unbranched alkanes of at least 4 members (excludes halogenated alkanes) is 1. The van der Waals surface area contributed by atoms with Crippen molar-refractivity contribution in [2.45, 2.75) is 39.0 Å². The van der Waals surface area contributed by atoms with Crippen LogP contribution in [0.5, 0.6) is 0 Å². The van der Waals surface area contributed by atoms with E-state index in [4.69, 9.17) is 0 Å². The maximum Gasteiger partial charge on any atom is 0.286 e. The van der Waals surface area contributed by atoms with Crippen LogP contribution >= 0.6 is 0 Å². The first-order valence-corrected chi connectivity index (χ1v) is 10.4. The number of aromatic amines is 1. The Hall–Kier alpha value is -3.55. The number of halogens is 2. The van der Waals surface area contributed by atoms with E-state index in [-0.39, 0.29) is 5.69 Å². The number of nitrogens with one attached hydrogen (secondary N) is 3. The van der Waals surface area contributed by atoms with Crippen LogP contribution in [0.2, 0.25) is 0 Å². The molecule has 0 spiro atoms. The van der Waals surface area contributed by atoms with Crippen LogP contribution < -0.4 is 10.6 Å². The maximum atomic E-state index is 12.7. The van der Waals surface area contributed by atoms with E-state index in [1.807, 2.05) is 19.3 Å². The second kappa shape index (κ2) is 11.7. The molecule has 0 aromatic carbocycles. The zero-order valence-electron chi connectivity index (χ0n) is 18.8. The van der Waals surface area contributed by atoms with Gasteiger partial charge in [0.1, 0.15) is 11.4 Å². The first kappa shape index (κ1) is 24.7. The van der Waals surface area contributed by atoms with Crippen LogP contribution in [-0.2, 0) is 12.3 Å². The number of hydrogen-bond donors (Lipinski definition) is 3. The van der Waals surface area contributed by atoms with E-state index in [9.17, 15) is 8.78 Å². The Morgan fingerprint density at radius 2 is 2.00 bits per heavy atom. The summed E-state index contributed by atoms with van der Waals surface area (Å²) in [5.41, 5.74) is 5.00. The molecule has 0 aliphatic heterocycles. The highest BCUT2D eigenvalue weighted by atomic mass is 19.3. The predicted octanol–water partition coefficient (Wildman–Crippen LogP) is 6.11. The molecular weight excluding hydrogens is 410 g/mol. The van der Waals surface area contributed by atoms with Crippen LogP contribution in [-0.4, -0.2) is 27.2 Å². The number of hydrogen-bond acceptors (Lipinski definition) is 5. The number of H-pyrrole nitrogens is 1. The third-order valence-corrected chi connectivity index (χ3v) is 4.59. The second-order valence-corrected chi connectivity index (χ2v) is 7.22. The van der Waals surface area contributed by atoms with Gasteiger partial charge in [-0.3, -0.25) is 15.1 Å². The quantitative estimate of drug-likeness (QED) is 0.374. The van der Waals surface area contributed by atoms with E-state index in [1.54, 1.807) is 12.3 Å². The van der Waals surface area contributed by atoms with Crippen LogP contribution in [0.1, 0.15) is 49.3 Å². The van der Waals surface area contributed by atoms with Gasteiger partial charge in [-0.25, -0.2) is 0 Å². The first-order valence-electron chi connectivity index (χ1n) is 10.4. The first-order chi connectivity index (χ1) is 15.3. The average Bonchev–Trinajstić information content (AvgIpc) is 3.28. The molecule has 0 aliphatic rings. The minimum atomic E-state index is -2.88. The number of nitrogens with zero attached hydrogens (tertiary/aromatic N) is 3. The molecule has 0 fully saturated rings. The van der Waals surface area contributed by atoms with Crippen molar-refractivity contribution in [3.05, 3.63) is 78.7 Å². The molecule has 3 heterocycles. The van der Waals surface area contributed by atoms with Gasteiger partial charge < -0.3 is 10.6 Å². The molecule has 32 heavy (non-hydrogen) atoms. The third kappa shape index (κ3) is 7.30. The average molecular weight is 441 g/mol. The number of aromatic nitrogens is 4. The van der Waals surface area contributed by atoms with Gasteiger partial charge in [-0.1, -0.05) is 32.6 Å². The Kier molecular flexibility index (Phi) is 9.07. The summed E-state index contributed by atoms with van der Waals surface area (Å²) in [6.45, 7) is 10.5. The van der Waals surface area contributed by atoms with Crippen molar-refractivity contribution in [2.75, 3.05) is 17.7 Å². The smallest absolute Gasteiger partial charge is 0.286 e. The Balaban J connectivity index is 0.000000258. The van der Waals surface area contributed by atoms with Crippen LogP contribution in [0.3, 0.4) is 0 Å². The summed E-state index contributed by atoms with van der Waals surface area (Å²) in [7, 11) is 1.85. The molecule has 6 nitrogen and oxygen atoms in total. The van der Waals surface area contributed by atoms with Crippen LogP contribution in [0.15, 0.2) is 56.0 Å².